The third-order valence-electron chi connectivity index (χ3n) is 9.72. The average Bonchev–Trinajstić information content (AvgIpc) is 3.04. The molecule has 522 valence electrons. The van der Waals surface area contributed by atoms with Crippen LogP contribution in [0.25, 0.3) is 0 Å². The fourth-order valence-corrected chi connectivity index (χ4v) is 6.59. The Morgan fingerprint density at radius 2 is 0.622 bits per heavy atom. The zero-order chi connectivity index (χ0) is 73.4. The maximum atomic E-state index is 10.1. The van der Waals surface area contributed by atoms with Crippen LogP contribution in [0.2, 0.25) is 0 Å². The van der Waals surface area contributed by atoms with Gasteiger partial charge >= 0.3 is 11.9 Å². The highest BCUT2D eigenvalue weighted by Crippen LogP contribution is 2.18. The first kappa shape index (κ1) is 89.4. The van der Waals surface area contributed by atoms with Crippen LogP contribution in [0.1, 0.15) is 69.4 Å². The van der Waals surface area contributed by atoms with Gasteiger partial charge in [0, 0.05) is 64.7 Å². The van der Waals surface area contributed by atoms with E-state index in [0.717, 1.165) is 42.7 Å². The Morgan fingerprint density at radius 3 is 0.898 bits per heavy atom. The van der Waals surface area contributed by atoms with Crippen molar-refractivity contribution in [3.8, 4) is 51.7 Å². The molecule has 0 bridgehead atoms. The maximum Gasteiger partial charge on any atom is 0.341 e. The molecule has 9 heterocycles. The van der Waals surface area contributed by atoms with E-state index >= 15 is 0 Å². The Bertz CT molecular complexity index is 3420. The number of alkyl halides is 1. The number of hydrogen-bond donors (Lipinski definition) is 7. The van der Waals surface area contributed by atoms with E-state index < -0.39 is 11.9 Å². The highest BCUT2D eigenvalue weighted by Gasteiger charge is 2.01. The quantitative estimate of drug-likeness (QED) is 0.0559. The molecule has 22 nitrogen and oxygen atoms in total. The number of carboxylic acids is 2. The van der Waals surface area contributed by atoms with E-state index in [1.54, 1.807) is 129 Å². The summed E-state index contributed by atoms with van der Waals surface area (Å²) < 4.78 is 22.6. The number of halogens is 3. The van der Waals surface area contributed by atoms with E-state index in [9.17, 15) is 9.59 Å². The molecule has 25 heteroatoms. The molecule has 0 radical (unpaired) electrons. The Kier molecular flexibility index (Phi) is 55.9. The van der Waals surface area contributed by atoms with Gasteiger partial charge < -0.3 is 54.7 Å². The summed E-state index contributed by atoms with van der Waals surface area (Å²) in [5, 5.41) is 59.7. The molecular weight excluding hydrogens is 1450 g/mol. The van der Waals surface area contributed by atoms with Crippen LogP contribution < -0.4 is 18.9 Å². The van der Waals surface area contributed by atoms with Gasteiger partial charge in [-0.25, -0.2) is 9.59 Å². The summed E-state index contributed by atoms with van der Waals surface area (Å²) in [4.78, 5) is 54.1. The van der Waals surface area contributed by atoms with E-state index in [0.29, 0.717) is 24.7 Å². The molecule has 2 aromatic carbocycles. The third-order valence-corrected chi connectivity index (χ3v) is 10.6. The Labute approximate surface area is 599 Å². The number of aromatic nitrogens is 9. The van der Waals surface area contributed by atoms with Gasteiger partial charge in [0.05, 0.1) is 55.8 Å². The molecule has 11 aromatic rings. The fraction of sp³-hybridized carbons (Fsp3) is 0.192. The van der Waals surface area contributed by atoms with Gasteiger partial charge in [0.2, 0.25) is 0 Å². The van der Waals surface area contributed by atoms with Crippen molar-refractivity contribution in [3.05, 3.63) is 288 Å². The SMILES string of the molecule is Brc1cncc(OCc2ccccc2)c1.CBr.CC.CC.CC.Cc1cncc(O)c1.Cc1cncc(OCC(=O)O)c1.Cc1cncc(OCc2ccccc2)c1.O=C(O)COc1cccnc1.Oc1cccnc1.Oc1cccnc1.Oc1cccnc1.Oc1cncc(Br)c1. The number of carbonyl (C=O) groups is 2. The lowest BCUT2D eigenvalue weighted by molar-refractivity contribution is -0.140. The zero-order valence-electron chi connectivity index (χ0n) is 56.2. The minimum absolute atomic E-state index is 0.180. The van der Waals surface area contributed by atoms with Crippen molar-refractivity contribution in [1.82, 2.24) is 44.9 Å². The smallest absolute Gasteiger partial charge is 0.341 e. The molecule has 0 unspecified atom stereocenters. The molecule has 98 heavy (non-hydrogen) atoms. The van der Waals surface area contributed by atoms with Crippen molar-refractivity contribution in [2.75, 3.05) is 19.0 Å². The van der Waals surface area contributed by atoms with Crippen molar-refractivity contribution in [2.24, 2.45) is 0 Å². The first-order valence-electron chi connectivity index (χ1n) is 29.8. The van der Waals surface area contributed by atoms with E-state index in [1.165, 1.54) is 48.9 Å². The molecule has 9 aromatic heterocycles. The van der Waals surface area contributed by atoms with Gasteiger partial charge in [-0.15, -0.1) is 0 Å². The Balaban J connectivity index is 0. The van der Waals surface area contributed by atoms with Gasteiger partial charge in [-0.1, -0.05) is 118 Å². The lowest BCUT2D eigenvalue weighted by Gasteiger charge is -2.05. The first-order valence-corrected chi connectivity index (χ1v) is 33.0. The summed E-state index contributed by atoms with van der Waals surface area (Å²) in [5.41, 5.74) is 5.35. The molecule has 0 atom stereocenters. The van der Waals surface area contributed by atoms with E-state index in [-0.39, 0.29) is 42.0 Å². The summed E-state index contributed by atoms with van der Waals surface area (Å²) in [6.45, 7) is 18.2. The normalized spacial score (nSPS) is 8.79. The van der Waals surface area contributed by atoms with Crippen LogP contribution >= 0.6 is 47.8 Å². The van der Waals surface area contributed by atoms with Crippen LogP contribution in [0.5, 0.6) is 51.7 Å². The standard InChI is InChI=1S/C13H13NO.C12H10BrNO.C8H9NO3.C7H7NO3.C6H7NO.C5H4BrNO.3C5H5NO.3C2H6.CH3Br/c1-11-7-13(9-14-8-11)15-10-12-5-3-2-4-6-12;13-11-6-12(8-14-7-11)15-9-10-4-2-1-3-5-10;1-6-2-7(4-9-3-6)12-5-8(10)11;9-7(10)5-11-6-2-1-3-8-4-6;1-5-2-6(8)4-7-3-5;6-4-1-5(8)3-7-2-4;3*7-5-2-1-3-6-4-5;4*1-2/h2-9H,10H2,1H3;1-8H,9H2;2-4H,5H2,1H3,(H,10,11);1-4H,5H2,(H,9,10);2-4,8H,1H3;1-3,8H;3*1-4,7H;3*1-2H3;1H3. The number of rotatable bonds is 12. The van der Waals surface area contributed by atoms with Crippen LogP contribution in [0.3, 0.4) is 0 Å². The lowest BCUT2D eigenvalue weighted by Crippen LogP contribution is -2.09. The highest BCUT2D eigenvalue weighted by molar-refractivity contribution is 9.10. The van der Waals surface area contributed by atoms with Crippen LogP contribution in [-0.2, 0) is 22.8 Å². The predicted molar refractivity (Wildman–Crippen MR) is 393 cm³/mol. The van der Waals surface area contributed by atoms with Gasteiger partial charge in [0.1, 0.15) is 65.0 Å². The summed E-state index contributed by atoms with van der Waals surface area (Å²) in [7, 11) is 0. The summed E-state index contributed by atoms with van der Waals surface area (Å²) in [6, 6.07) is 42.1. The van der Waals surface area contributed by atoms with Gasteiger partial charge in [-0.2, -0.15) is 0 Å². The monoisotopic (exact) mass is 1530 g/mol. The molecule has 0 aliphatic rings. The zero-order valence-corrected chi connectivity index (χ0v) is 61.0. The second kappa shape index (κ2) is 61.3. The van der Waals surface area contributed by atoms with Crippen molar-refractivity contribution >= 4 is 59.7 Å². The van der Waals surface area contributed by atoms with Crippen molar-refractivity contribution in [1.29, 1.82) is 0 Å². The number of ether oxygens (including phenoxy) is 4. The highest BCUT2D eigenvalue weighted by atomic mass is 79.9. The minimum Gasteiger partial charge on any atom is -0.506 e. The molecule has 0 spiro atoms. The minimum atomic E-state index is -0.992. The van der Waals surface area contributed by atoms with Gasteiger partial charge in [-0.05, 0) is 165 Å². The molecule has 0 saturated carbocycles. The molecule has 0 aliphatic carbocycles. The molecule has 7 N–H and O–H groups in total. The van der Waals surface area contributed by atoms with Crippen LogP contribution in [0.15, 0.2) is 260 Å². The van der Waals surface area contributed by atoms with Crippen LogP contribution in [0, 0.1) is 20.8 Å². The summed E-state index contributed by atoms with van der Waals surface area (Å²) in [6.07, 6.45) is 28.3. The van der Waals surface area contributed by atoms with E-state index in [4.69, 9.17) is 54.7 Å². The van der Waals surface area contributed by atoms with Crippen molar-refractivity contribution in [3.63, 3.8) is 0 Å². The number of aryl methyl sites for hydroxylation is 3. The summed E-state index contributed by atoms with van der Waals surface area (Å²) >= 11 is 9.42. The molecule has 0 saturated heterocycles. The fourth-order valence-electron chi connectivity index (χ4n) is 5.89. The number of aromatic hydroxyl groups is 5. The van der Waals surface area contributed by atoms with Crippen LogP contribution in [0.4, 0.5) is 0 Å². The van der Waals surface area contributed by atoms with Gasteiger partial charge in [0.25, 0.3) is 0 Å². The topological polar surface area (TPSA) is 329 Å². The molecule has 11 rings (SSSR count). The first-order chi connectivity index (χ1) is 47.4. The van der Waals surface area contributed by atoms with Gasteiger partial charge in [0.15, 0.2) is 13.2 Å². The lowest BCUT2D eigenvalue weighted by atomic mass is 10.2. The number of nitrogens with zero attached hydrogens (tertiary/aromatic N) is 9. The summed E-state index contributed by atoms with van der Waals surface area (Å²) in [5.74, 6) is 3.41. The number of hydrogen-bond acceptors (Lipinski definition) is 20. The van der Waals surface area contributed by atoms with E-state index in [2.05, 4.69) is 92.6 Å². The molecular formula is C73H86Br3N9O13. The third kappa shape index (κ3) is 52.7. The Morgan fingerprint density at radius 1 is 0.327 bits per heavy atom. The molecule has 0 aliphatic heterocycles. The number of carboxylic acid groups (broad SMARTS) is 2. The number of aliphatic carboxylic acids is 2. The predicted octanol–water partition coefficient (Wildman–Crippen LogP) is 16.9. The van der Waals surface area contributed by atoms with Gasteiger partial charge in [-0.3, -0.25) is 44.9 Å². The number of pyridine rings is 9. The maximum absolute atomic E-state index is 10.1. The van der Waals surface area contributed by atoms with E-state index in [1.807, 2.05) is 147 Å². The van der Waals surface area contributed by atoms with Crippen molar-refractivity contribution < 1.29 is 64.3 Å². The average molecular weight is 1540 g/mol. The van der Waals surface area contributed by atoms with Crippen LogP contribution in [-0.4, -0.2) is 112 Å². The molecule has 0 fully saturated rings. The second-order valence-electron chi connectivity index (χ2n) is 17.6. The van der Waals surface area contributed by atoms with Crippen molar-refractivity contribution in [2.45, 2.75) is 75.5 Å². The Hall–Kier alpha value is -10.6. The second-order valence-corrected chi connectivity index (χ2v) is 19.4. The molecule has 0 amide bonds. The largest absolute Gasteiger partial charge is 0.506 e. The number of benzene rings is 2.